The van der Waals surface area contributed by atoms with E-state index < -0.39 is 29.5 Å². The van der Waals surface area contributed by atoms with Crippen LogP contribution in [0.3, 0.4) is 0 Å². The highest BCUT2D eigenvalue weighted by Crippen LogP contribution is 2.41. The van der Waals surface area contributed by atoms with E-state index in [1.807, 2.05) is 12.1 Å². The summed E-state index contributed by atoms with van der Waals surface area (Å²) in [4.78, 5) is 18.3. The number of ether oxygens (including phenoxy) is 1. The number of rotatable bonds is 3. The van der Waals surface area contributed by atoms with Crippen LogP contribution in [0.4, 0.5) is 17.6 Å². The van der Waals surface area contributed by atoms with Gasteiger partial charge in [-0.05, 0) is 66.1 Å². The van der Waals surface area contributed by atoms with Crippen LogP contribution in [0, 0.1) is 5.82 Å². The SMILES string of the molecule is COc1ccc2[nH]c3c(c2c1)CCN(C(=O)c1cc(Cl)ccc1F)C3c1ccc(C(F)(F)F)cc1. The largest absolute Gasteiger partial charge is 0.497 e. The molecule has 1 aliphatic rings. The first-order valence-electron chi connectivity index (χ1n) is 10.8. The van der Waals surface area contributed by atoms with E-state index in [4.69, 9.17) is 16.3 Å². The fourth-order valence-electron chi connectivity index (χ4n) is 4.63. The van der Waals surface area contributed by atoms with Gasteiger partial charge in [-0.1, -0.05) is 23.7 Å². The van der Waals surface area contributed by atoms with Crippen molar-refractivity contribution in [2.45, 2.75) is 18.6 Å². The van der Waals surface area contributed by atoms with Crippen molar-refractivity contribution in [3.05, 3.63) is 99.5 Å². The Morgan fingerprint density at radius 2 is 1.83 bits per heavy atom. The van der Waals surface area contributed by atoms with Crippen LogP contribution in [0.2, 0.25) is 5.02 Å². The van der Waals surface area contributed by atoms with Gasteiger partial charge in [-0.2, -0.15) is 13.2 Å². The van der Waals surface area contributed by atoms with Crippen LogP contribution >= 0.6 is 11.6 Å². The van der Waals surface area contributed by atoms with Gasteiger partial charge in [0.15, 0.2) is 0 Å². The Hall–Kier alpha value is -3.52. The predicted octanol–water partition coefficient (Wildman–Crippen LogP) is 6.78. The molecule has 1 aromatic heterocycles. The molecule has 0 fully saturated rings. The third-order valence-electron chi connectivity index (χ3n) is 6.31. The van der Waals surface area contributed by atoms with Crippen molar-refractivity contribution in [3.63, 3.8) is 0 Å². The van der Waals surface area contributed by atoms with Gasteiger partial charge in [-0.3, -0.25) is 4.79 Å². The van der Waals surface area contributed by atoms with E-state index in [9.17, 15) is 22.4 Å². The van der Waals surface area contributed by atoms with Crippen molar-refractivity contribution in [1.29, 1.82) is 0 Å². The number of benzene rings is 3. The minimum atomic E-state index is -4.49. The van der Waals surface area contributed by atoms with E-state index in [1.165, 1.54) is 29.2 Å². The zero-order chi connectivity index (χ0) is 24.9. The molecular weight excluding hydrogens is 484 g/mol. The lowest BCUT2D eigenvalue weighted by atomic mass is 9.91. The first kappa shape index (κ1) is 23.2. The van der Waals surface area contributed by atoms with Gasteiger partial charge >= 0.3 is 6.18 Å². The second kappa shape index (κ2) is 8.61. The van der Waals surface area contributed by atoms with Crippen LogP contribution in [-0.4, -0.2) is 29.4 Å². The van der Waals surface area contributed by atoms with Gasteiger partial charge in [-0.25, -0.2) is 4.39 Å². The number of hydrogen-bond acceptors (Lipinski definition) is 2. The number of carbonyl (C=O) groups excluding carboxylic acids is 1. The van der Waals surface area contributed by atoms with Gasteiger partial charge in [0.05, 0.1) is 24.3 Å². The maximum absolute atomic E-state index is 14.6. The molecule has 1 amide bonds. The maximum atomic E-state index is 14.6. The number of amides is 1. The Morgan fingerprint density at radius 3 is 2.51 bits per heavy atom. The maximum Gasteiger partial charge on any atom is 0.416 e. The zero-order valence-electron chi connectivity index (χ0n) is 18.4. The summed E-state index contributed by atoms with van der Waals surface area (Å²) in [7, 11) is 1.56. The van der Waals surface area contributed by atoms with Crippen molar-refractivity contribution in [2.24, 2.45) is 0 Å². The van der Waals surface area contributed by atoms with E-state index in [0.29, 0.717) is 23.4 Å². The number of aromatic nitrogens is 1. The molecule has 0 saturated carbocycles. The minimum absolute atomic E-state index is 0.198. The average molecular weight is 503 g/mol. The molecule has 1 unspecified atom stereocenters. The normalized spacial score (nSPS) is 15.8. The van der Waals surface area contributed by atoms with Crippen molar-refractivity contribution >= 4 is 28.4 Å². The smallest absolute Gasteiger partial charge is 0.416 e. The summed E-state index contributed by atoms with van der Waals surface area (Å²) in [6.45, 7) is 0.230. The van der Waals surface area contributed by atoms with Gasteiger partial charge in [0, 0.05) is 28.2 Å². The number of halogens is 5. The Labute approximate surface area is 203 Å². The van der Waals surface area contributed by atoms with E-state index in [2.05, 4.69) is 4.98 Å². The lowest BCUT2D eigenvalue weighted by Crippen LogP contribution is -2.41. The summed E-state index contributed by atoms with van der Waals surface area (Å²) >= 11 is 6.01. The van der Waals surface area contributed by atoms with Crippen LogP contribution in [0.1, 0.15) is 38.8 Å². The van der Waals surface area contributed by atoms with Crippen molar-refractivity contribution in [3.8, 4) is 5.75 Å². The molecule has 3 aromatic carbocycles. The predicted molar refractivity (Wildman–Crippen MR) is 124 cm³/mol. The van der Waals surface area contributed by atoms with E-state index in [0.717, 1.165) is 34.7 Å². The van der Waals surface area contributed by atoms with Crippen LogP contribution < -0.4 is 4.74 Å². The molecule has 0 saturated heterocycles. The first-order chi connectivity index (χ1) is 16.7. The summed E-state index contributed by atoms with van der Waals surface area (Å²) in [6.07, 6.45) is -4.03. The molecule has 0 aliphatic carbocycles. The number of hydrogen-bond donors (Lipinski definition) is 1. The lowest BCUT2D eigenvalue weighted by molar-refractivity contribution is -0.137. The van der Waals surface area contributed by atoms with Gasteiger partial charge in [0.1, 0.15) is 11.6 Å². The number of carbonyl (C=O) groups is 1. The number of fused-ring (bicyclic) bond motifs is 3. The molecule has 35 heavy (non-hydrogen) atoms. The number of alkyl halides is 3. The molecule has 0 bridgehead atoms. The van der Waals surface area contributed by atoms with Gasteiger partial charge in [0.2, 0.25) is 0 Å². The molecule has 4 nitrogen and oxygen atoms in total. The lowest BCUT2D eigenvalue weighted by Gasteiger charge is -2.36. The minimum Gasteiger partial charge on any atom is -0.497 e. The number of H-pyrrole nitrogens is 1. The third-order valence-corrected chi connectivity index (χ3v) is 6.54. The highest BCUT2D eigenvalue weighted by Gasteiger charge is 2.37. The highest BCUT2D eigenvalue weighted by molar-refractivity contribution is 6.31. The zero-order valence-corrected chi connectivity index (χ0v) is 19.2. The molecule has 0 spiro atoms. The molecular formula is C26H19ClF4N2O2. The van der Waals surface area contributed by atoms with Gasteiger partial charge in [-0.15, -0.1) is 0 Å². The Kier molecular flexibility index (Phi) is 5.71. The summed E-state index contributed by atoms with van der Waals surface area (Å²) in [5, 5.41) is 1.11. The molecule has 180 valence electrons. The summed E-state index contributed by atoms with van der Waals surface area (Å²) in [5.41, 5.74) is 1.87. The van der Waals surface area contributed by atoms with Gasteiger partial charge in [0.25, 0.3) is 5.91 Å². The standard InChI is InChI=1S/C26H19ClF4N2O2/c1-35-17-7-9-22-19(13-17)18-10-11-33(25(34)20-12-16(27)6-8-21(20)28)24(23(18)32-22)14-2-4-15(5-3-14)26(29,30)31/h2-9,12-13,24,32H,10-11H2,1H3. The molecule has 9 heteroatoms. The van der Waals surface area contributed by atoms with Gasteiger partial charge < -0.3 is 14.6 Å². The Bertz CT molecular complexity index is 1430. The molecule has 5 rings (SSSR count). The van der Waals surface area contributed by atoms with Crippen molar-refractivity contribution in [2.75, 3.05) is 13.7 Å². The fourth-order valence-corrected chi connectivity index (χ4v) is 4.80. The molecule has 4 aromatic rings. The molecule has 1 aliphatic heterocycles. The third kappa shape index (κ3) is 4.12. The summed E-state index contributed by atoms with van der Waals surface area (Å²) in [5.74, 6) is -0.667. The summed E-state index contributed by atoms with van der Waals surface area (Å²) < 4.78 is 59.5. The second-order valence-electron chi connectivity index (χ2n) is 8.32. The number of methoxy groups -OCH3 is 1. The summed E-state index contributed by atoms with van der Waals surface area (Å²) in [6, 6.07) is 13.2. The number of nitrogens with zero attached hydrogens (tertiary/aromatic N) is 1. The topological polar surface area (TPSA) is 45.3 Å². The van der Waals surface area contributed by atoms with E-state index >= 15 is 0 Å². The van der Waals surface area contributed by atoms with E-state index in [1.54, 1.807) is 13.2 Å². The van der Waals surface area contributed by atoms with E-state index in [-0.39, 0.29) is 17.1 Å². The van der Waals surface area contributed by atoms with Crippen LogP contribution in [0.5, 0.6) is 5.75 Å². The Balaban J connectivity index is 1.66. The molecule has 2 heterocycles. The number of aromatic amines is 1. The molecule has 0 radical (unpaired) electrons. The average Bonchev–Trinajstić information content (AvgIpc) is 3.21. The molecule has 1 N–H and O–H groups in total. The van der Waals surface area contributed by atoms with Crippen LogP contribution in [0.25, 0.3) is 10.9 Å². The quantitative estimate of drug-likeness (QED) is 0.314. The first-order valence-corrected chi connectivity index (χ1v) is 11.2. The van der Waals surface area contributed by atoms with Crippen LogP contribution in [-0.2, 0) is 12.6 Å². The number of nitrogens with one attached hydrogen (secondary N) is 1. The van der Waals surface area contributed by atoms with Crippen molar-refractivity contribution in [1.82, 2.24) is 9.88 Å². The van der Waals surface area contributed by atoms with Crippen molar-refractivity contribution < 1.29 is 27.1 Å². The monoisotopic (exact) mass is 502 g/mol. The Morgan fingerprint density at radius 1 is 1.09 bits per heavy atom. The van der Waals surface area contributed by atoms with Crippen LogP contribution in [0.15, 0.2) is 60.7 Å². The highest BCUT2D eigenvalue weighted by atomic mass is 35.5. The second-order valence-corrected chi connectivity index (χ2v) is 8.76. The fraction of sp³-hybridized carbons (Fsp3) is 0.192. The molecule has 1 atom stereocenters.